The maximum absolute atomic E-state index is 11.0. The largest absolute Gasteiger partial charge is 1.00 e. The molecule has 4 aromatic rings. The molecule has 16 nitrogen and oxygen atoms in total. The quantitative estimate of drug-likeness (QED) is 0.0909. The summed E-state index contributed by atoms with van der Waals surface area (Å²) in [5.74, 6) is 2.69. The van der Waals surface area contributed by atoms with Gasteiger partial charge in [-0.1, -0.05) is 43.8 Å². The number of anilines is 4. The molecule has 387 valence electrons. The van der Waals surface area contributed by atoms with Crippen LogP contribution < -0.4 is 61.1 Å². The van der Waals surface area contributed by atoms with E-state index >= 15 is 0 Å². The Labute approximate surface area is 451 Å². The monoisotopic (exact) mass is 1000 g/mol. The second kappa shape index (κ2) is 35.0. The van der Waals surface area contributed by atoms with E-state index in [9.17, 15) is 19.2 Å². The van der Waals surface area contributed by atoms with E-state index in [-0.39, 0.29) is 37.0 Å². The van der Waals surface area contributed by atoms with Gasteiger partial charge in [-0.2, -0.15) is 0 Å². The third-order valence-corrected chi connectivity index (χ3v) is 12.7. The number of rotatable bonds is 6. The van der Waals surface area contributed by atoms with Crippen molar-refractivity contribution in [1.82, 2.24) is 14.7 Å². The summed E-state index contributed by atoms with van der Waals surface area (Å²) in [7, 11) is 7.66. The molecule has 0 aromatic heterocycles. The van der Waals surface area contributed by atoms with Crippen molar-refractivity contribution < 1.29 is 72.6 Å². The van der Waals surface area contributed by atoms with Crippen LogP contribution in [0.3, 0.4) is 0 Å². The van der Waals surface area contributed by atoms with E-state index in [1.165, 1.54) is 83.3 Å². The second-order valence-electron chi connectivity index (χ2n) is 17.8. The van der Waals surface area contributed by atoms with Gasteiger partial charge < -0.3 is 54.1 Å². The molecule has 0 amide bonds. The number of ether oxygens (including phenoxy) is 2. The molecular formula is C54H78BN7NaO9. The number of benzene rings is 4. The topological polar surface area (TPSA) is 200 Å². The Morgan fingerprint density at radius 1 is 0.542 bits per heavy atom. The number of nitrogens with two attached hydrogens (primary N) is 2. The van der Waals surface area contributed by atoms with Crippen molar-refractivity contribution in [3.63, 3.8) is 0 Å². The summed E-state index contributed by atoms with van der Waals surface area (Å²) < 4.78 is 13.7. The van der Waals surface area contributed by atoms with Crippen molar-refractivity contribution in [2.75, 3.05) is 95.2 Å². The molecule has 72 heavy (non-hydrogen) atoms. The number of nitrogen functional groups attached to an aromatic ring is 2. The van der Waals surface area contributed by atoms with E-state index < -0.39 is 17.9 Å². The molecule has 4 aromatic carbocycles. The number of Topliss-reactive ketones (excluding diaryl/α,β-unsaturated/α-hetero) is 1. The van der Waals surface area contributed by atoms with Gasteiger partial charge in [-0.05, 0) is 162 Å². The number of hydrogen-bond acceptors (Lipinski definition) is 16. The number of hydrogen-bond donors (Lipinski definition) is 4. The van der Waals surface area contributed by atoms with Crippen molar-refractivity contribution in [3.05, 3.63) is 109 Å². The molecule has 9 aliphatic heterocycles. The van der Waals surface area contributed by atoms with Gasteiger partial charge in [0.25, 0.3) is 0 Å². The minimum atomic E-state index is -0.639. The summed E-state index contributed by atoms with van der Waals surface area (Å²) in [5, 5.41) is 7.34. The summed E-state index contributed by atoms with van der Waals surface area (Å²) in [5.41, 5.74) is 14.9. The predicted octanol–water partition coefficient (Wildman–Crippen LogP) is 4.52. The fourth-order valence-corrected chi connectivity index (χ4v) is 8.84. The number of carbonyl (C=O) groups is 4. The molecular weight excluding hydrogens is 924 g/mol. The maximum Gasteiger partial charge on any atom is 1.00 e. The number of methoxy groups -OCH3 is 2. The number of piperidine rings is 9. The summed E-state index contributed by atoms with van der Waals surface area (Å²) in [4.78, 5) is 55.2. The number of ketones is 1. The zero-order chi connectivity index (χ0) is 50.7. The van der Waals surface area contributed by atoms with Gasteiger partial charge in [-0.3, -0.25) is 14.5 Å². The average Bonchev–Trinajstić information content (AvgIpc) is 3.39. The van der Waals surface area contributed by atoms with Gasteiger partial charge in [0, 0.05) is 74.6 Å². The Morgan fingerprint density at radius 2 is 0.903 bits per heavy atom. The summed E-state index contributed by atoms with van der Waals surface area (Å²) in [6.07, 6.45) is 7.72. The Kier molecular flexibility index (Phi) is 30.5. The van der Waals surface area contributed by atoms with Crippen LogP contribution >= 0.6 is 0 Å². The van der Waals surface area contributed by atoms with Gasteiger partial charge in [0.1, 0.15) is 17.3 Å². The average molecular weight is 1000 g/mol. The molecule has 9 aliphatic rings. The minimum absolute atomic E-state index is 0. The van der Waals surface area contributed by atoms with E-state index in [1.54, 1.807) is 26.4 Å². The summed E-state index contributed by atoms with van der Waals surface area (Å²) in [6, 6.07) is 36.9. The van der Waals surface area contributed by atoms with Crippen molar-refractivity contribution in [2.24, 2.45) is 17.8 Å². The molecule has 9 heterocycles. The first-order valence-corrected chi connectivity index (χ1v) is 24.1. The van der Waals surface area contributed by atoms with Crippen molar-refractivity contribution in [2.45, 2.75) is 78.8 Å². The Balaban J connectivity index is 0.000000297. The third kappa shape index (κ3) is 24.4. The van der Waals surface area contributed by atoms with Crippen molar-refractivity contribution in [3.8, 4) is 11.5 Å². The van der Waals surface area contributed by atoms with E-state index in [4.69, 9.17) is 20.9 Å². The van der Waals surface area contributed by atoms with Gasteiger partial charge in [0.15, 0.2) is 0 Å². The molecule has 2 atom stereocenters. The molecule has 13 rings (SSSR count). The van der Waals surface area contributed by atoms with Crippen LogP contribution in [-0.2, 0) is 33.6 Å². The van der Waals surface area contributed by atoms with E-state index in [0.29, 0.717) is 23.8 Å². The van der Waals surface area contributed by atoms with Gasteiger partial charge in [0.2, 0.25) is 5.97 Å². The van der Waals surface area contributed by atoms with Crippen LogP contribution in [0.4, 0.5) is 22.7 Å². The molecule has 9 saturated heterocycles. The number of nitrogens with zero attached hydrogens (tertiary/aromatic N) is 3. The fraction of sp³-hybridized carbons (Fsp3) is 0.481. The second-order valence-corrected chi connectivity index (χ2v) is 17.8. The van der Waals surface area contributed by atoms with Gasteiger partial charge in [-0.15, -0.1) is 0 Å². The molecule has 9 fully saturated rings. The molecule has 18 heteroatoms. The Hall–Kier alpha value is -5.30. The molecule has 0 spiro atoms. The molecule has 6 N–H and O–H groups in total. The van der Waals surface area contributed by atoms with E-state index in [1.807, 2.05) is 54.6 Å². The van der Waals surface area contributed by atoms with Crippen LogP contribution in [0.25, 0.3) is 0 Å². The van der Waals surface area contributed by atoms with Crippen molar-refractivity contribution in [1.29, 1.82) is 0 Å². The Bertz CT molecular complexity index is 2090. The zero-order valence-electron chi connectivity index (χ0n) is 42.6. The first-order chi connectivity index (χ1) is 33.7. The van der Waals surface area contributed by atoms with Crippen LogP contribution in [0.5, 0.6) is 11.5 Å². The number of nitrogens with one attached hydrogen (secondary N) is 2. The van der Waals surface area contributed by atoms with Crippen LogP contribution in [0.1, 0.15) is 66.7 Å². The van der Waals surface area contributed by atoms with Crippen LogP contribution in [0, 0.1) is 17.8 Å². The number of para-hydroxylation sites is 2. The predicted molar refractivity (Wildman–Crippen MR) is 283 cm³/mol. The Morgan fingerprint density at radius 3 is 1.18 bits per heavy atom. The van der Waals surface area contributed by atoms with E-state index in [2.05, 4.69) is 90.3 Å². The first-order valence-electron chi connectivity index (χ1n) is 24.1. The van der Waals surface area contributed by atoms with Crippen LogP contribution in [0.15, 0.2) is 109 Å². The van der Waals surface area contributed by atoms with Gasteiger partial charge in [-0.25, -0.2) is 19.4 Å². The van der Waals surface area contributed by atoms with Crippen LogP contribution in [0.2, 0.25) is 0 Å². The van der Waals surface area contributed by atoms with Gasteiger partial charge >= 0.3 is 41.5 Å². The molecule has 0 aliphatic carbocycles. The SMILES string of the molecule is C.CC(=O)OOC(C)=O.COc1ccc(N)cc1.COc1ccc(NC2CN3CCC2CC3)cc1.Nc1ccccc1.O=C1CN2CCC1CC2.[B-]OC(C)=O.[Na+].c1ccc(NC2CN3CCC2CC3)cc1. The minimum Gasteiger partial charge on any atom is -0.793 e. The molecule has 0 saturated carbocycles. The fourth-order valence-electron chi connectivity index (χ4n) is 8.84. The smallest absolute Gasteiger partial charge is 0.793 e. The maximum atomic E-state index is 11.0. The normalized spacial score (nSPS) is 22.9. The van der Waals surface area contributed by atoms with Crippen LogP contribution in [-0.4, -0.2) is 132 Å². The summed E-state index contributed by atoms with van der Waals surface area (Å²) in [6.45, 7) is 14.3. The van der Waals surface area contributed by atoms with Crippen molar-refractivity contribution >= 4 is 54.5 Å². The molecule has 6 bridgehead atoms. The zero-order valence-corrected chi connectivity index (χ0v) is 44.6. The van der Waals surface area contributed by atoms with Gasteiger partial charge in [0.05, 0.1) is 20.8 Å². The first kappa shape index (κ1) is 62.8. The van der Waals surface area contributed by atoms with E-state index in [0.717, 1.165) is 81.0 Å². The molecule has 3 radical (unpaired) electrons. The number of fused-ring (bicyclic) bond motifs is 9. The third-order valence-electron chi connectivity index (χ3n) is 12.7. The standard InChI is InChI=1S/C14H20N2O.C13H18N2.C7H11NO.C7H9NO.C6H7N.C4H6O4.C2H3BO2.CH4.Na/c1-17-13-4-2-12(3-5-13)15-14-10-16-8-6-11(14)7-9-16;1-2-4-12(5-3-1)14-13-10-15-8-6-11(13)7-9-15;9-7-5-8-3-1-6(7)2-4-8;1-9-7-4-2-6(8)3-5-7;7-6-4-2-1-3-5-6;1-3(5)7-8-4(2)6;1-2(4)5-3;;/h2-5,11,14-15H,6-10H2,1H3;1-5,11,13-14H,6-10H2;6H,1-5H2;2-5H,8H2,1H3;1-5H,7H2;1-2H3;1H3;1H4;/q;;;;;;-1;;+1. The molecule has 2 unspecified atom stereocenters. The summed E-state index contributed by atoms with van der Waals surface area (Å²) >= 11 is 0. The number of carbonyl (C=O) groups excluding carboxylic acids is 4.